The van der Waals surface area contributed by atoms with Gasteiger partial charge < -0.3 is 20.9 Å². The van der Waals surface area contributed by atoms with E-state index in [9.17, 15) is 9.59 Å². The Balaban J connectivity index is 1.28. The van der Waals surface area contributed by atoms with E-state index in [-0.39, 0.29) is 23.9 Å². The fourth-order valence-corrected chi connectivity index (χ4v) is 6.20. The van der Waals surface area contributed by atoms with Crippen LogP contribution in [0.15, 0.2) is 66.7 Å². The number of rotatable bonds is 8. The van der Waals surface area contributed by atoms with Crippen LogP contribution in [0.4, 0.5) is 0 Å². The summed E-state index contributed by atoms with van der Waals surface area (Å²) in [4.78, 5) is 29.1. The highest BCUT2D eigenvalue weighted by atomic mass is 35.5. The van der Waals surface area contributed by atoms with E-state index in [1.807, 2.05) is 42.5 Å². The topological polar surface area (TPSA) is 73.5 Å². The molecule has 2 aliphatic heterocycles. The SMILES string of the molecule is CCC(CN1CCC(CNC(=O)c2ccc3cc(Cl)ccc3c2)N[C@@H](C2CCNCC2)C1=O)c1ccccc1. The molecule has 206 valence electrons. The second-order valence-electron chi connectivity index (χ2n) is 10.9. The fourth-order valence-electron chi connectivity index (χ4n) is 6.02. The van der Waals surface area contributed by atoms with Crippen LogP contribution >= 0.6 is 11.6 Å². The van der Waals surface area contributed by atoms with Gasteiger partial charge in [-0.1, -0.05) is 61.0 Å². The van der Waals surface area contributed by atoms with Crippen LogP contribution in [0, 0.1) is 5.92 Å². The van der Waals surface area contributed by atoms with Gasteiger partial charge in [0.05, 0.1) is 6.04 Å². The van der Waals surface area contributed by atoms with Crippen molar-refractivity contribution in [1.29, 1.82) is 0 Å². The molecule has 0 aromatic heterocycles. The molecule has 7 heteroatoms. The minimum Gasteiger partial charge on any atom is -0.350 e. The Hall–Kier alpha value is -2.93. The number of halogens is 1. The zero-order chi connectivity index (χ0) is 27.2. The highest BCUT2D eigenvalue weighted by molar-refractivity contribution is 6.31. The van der Waals surface area contributed by atoms with Crippen LogP contribution in [-0.2, 0) is 4.79 Å². The van der Waals surface area contributed by atoms with Gasteiger partial charge in [0.1, 0.15) is 0 Å². The number of nitrogens with one attached hydrogen (secondary N) is 3. The first-order valence-electron chi connectivity index (χ1n) is 14.3. The number of fused-ring (bicyclic) bond motifs is 1. The van der Waals surface area contributed by atoms with E-state index in [2.05, 4.69) is 52.0 Å². The molecule has 2 unspecified atom stereocenters. The average Bonchev–Trinajstić information content (AvgIpc) is 3.13. The summed E-state index contributed by atoms with van der Waals surface area (Å²) < 4.78 is 0. The molecule has 2 aliphatic rings. The monoisotopic (exact) mass is 546 g/mol. The third-order valence-corrected chi connectivity index (χ3v) is 8.61. The van der Waals surface area contributed by atoms with Crippen molar-refractivity contribution in [2.75, 3.05) is 32.7 Å². The van der Waals surface area contributed by atoms with Gasteiger partial charge in [-0.15, -0.1) is 0 Å². The van der Waals surface area contributed by atoms with Crippen molar-refractivity contribution in [3.8, 4) is 0 Å². The van der Waals surface area contributed by atoms with E-state index in [0.717, 1.165) is 56.1 Å². The number of carbonyl (C=O) groups excluding carboxylic acids is 2. The number of hydrogen-bond acceptors (Lipinski definition) is 4. The van der Waals surface area contributed by atoms with Gasteiger partial charge in [-0.3, -0.25) is 9.59 Å². The number of benzene rings is 3. The smallest absolute Gasteiger partial charge is 0.251 e. The van der Waals surface area contributed by atoms with Gasteiger partial charge in [0.2, 0.25) is 5.91 Å². The van der Waals surface area contributed by atoms with Gasteiger partial charge in [-0.05, 0) is 85.3 Å². The highest BCUT2D eigenvalue weighted by Gasteiger charge is 2.37. The third-order valence-electron chi connectivity index (χ3n) is 8.37. The quantitative estimate of drug-likeness (QED) is 0.373. The van der Waals surface area contributed by atoms with E-state index in [0.29, 0.717) is 35.5 Å². The van der Waals surface area contributed by atoms with Gasteiger partial charge in [-0.2, -0.15) is 0 Å². The Kier molecular flexibility index (Phi) is 9.17. The minimum atomic E-state index is -0.227. The van der Waals surface area contributed by atoms with Crippen LogP contribution in [0.1, 0.15) is 54.4 Å². The van der Waals surface area contributed by atoms with Gasteiger partial charge in [0.25, 0.3) is 5.91 Å². The molecular weight excluding hydrogens is 508 g/mol. The Labute approximate surface area is 236 Å². The maximum absolute atomic E-state index is 13.9. The maximum atomic E-state index is 13.9. The fraction of sp³-hybridized carbons (Fsp3) is 0.438. The van der Waals surface area contributed by atoms with Crippen molar-refractivity contribution >= 4 is 34.2 Å². The van der Waals surface area contributed by atoms with E-state index in [1.165, 1.54) is 5.56 Å². The van der Waals surface area contributed by atoms with Crippen LogP contribution in [0.5, 0.6) is 0 Å². The molecule has 6 nitrogen and oxygen atoms in total. The Morgan fingerprint density at radius 1 is 1.03 bits per heavy atom. The molecule has 3 aromatic rings. The number of hydrogen-bond donors (Lipinski definition) is 3. The third kappa shape index (κ3) is 6.81. The molecule has 2 saturated heterocycles. The zero-order valence-corrected chi connectivity index (χ0v) is 23.4. The van der Waals surface area contributed by atoms with Gasteiger partial charge >= 0.3 is 0 Å². The largest absolute Gasteiger partial charge is 0.350 e. The van der Waals surface area contributed by atoms with E-state index in [1.54, 1.807) is 0 Å². The summed E-state index contributed by atoms with van der Waals surface area (Å²) >= 11 is 6.11. The molecule has 5 rings (SSSR count). The first kappa shape index (κ1) is 27.6. The van der Waals surface area contributed by atoms with Crippen molar-refractivity contribution in [3.63, 3.8) is 0 Å². The summed E-state index contributed by atoms with van der Waals surface area (Å²) in [5, 5.41) is 12.9. The van der Waals surface area contributed by atoms with Gasteiger partial charge in [0.15, 0.2) is 0 Å². The normalized spacial score (nSPS) is 21.5. The molecule has 3 N–H and O–H groups in total. The molecule has 0 spiro atoms. The summed E-state index contributed by atoms with van der Waals surface area (Å²) in [7, 11) is 0. The van der Waals surface area contributed by atoms with Crippen LogP contribution in [0.2, 0.25) is 5.02 Å². The summed E-state index contributed by atoms with van der Waals surface area (Å²) in [5.74, 6) is 0.706. The molecule has 3 atom stereocenters. The summed E-state index contributed by atoms with van der Waals surface area (Å²) in [6.07, 6.45) is 3.74. The lowest BCUT2D eigenvalue weighted by atomic mass is 9.88. The lowest BCUT2D eigenvalue weighted by Crippen LogP contribution is -2.54. The van der Waals surface area contributed by atoms with Crippen molar-refractivity contribution in [1.82, 2.24) is 20.9 Å². The van der Waals surface area contributed by atoms with Crippen molar-refractivity contribution in [2.24, 2.45) is 5.92 Å². The van der Waals surface area contributed by atoms with Crippen molar-refractivity contribution < 1.29 is 9.59 Å². The standard InChI is InChI=1S/C32H39ClN4O2/c1-2-22(23-6-4-3-5-7-23)21-37-17-14-29(36-30(32(37)39)24-12-15-34-16-13-24)20-35-31(38)27-9-8-26-19-28(33)11-10-25(26)18-27/h3-11,18-19,22,24,29-30,34,36H,2,12-17,20-21H2,1H3,(H,35,38)/t22?,29?,30-/m0/s1. The summed E-state index contributed by atoms with van der Waals surface area (Å²) in [5.41, 5.74) is 1.91. The first-order valence-corrected chi connectivity index (χ1v) is 14.7. The highest BCUT2D eigenvalue weighted by Crippen LogP contribution is 2.26. The van der Waals surface area contributed by atoms with Gasteiger partial charge in [-0.25, -0.2) is 0 Å². The molecule has 3 aromatic carbocycles. The van der Waals surface area contributed by atoms with Crippen molar-refractivity contribution in [3.05, 3.63) is 82.9 Å². The maximum Gasteiger partial charge on any atom is 0.251 e. The molecule has 2 fully saturated rings. The Morgan fingerprint density at radius 3 is 2.54 bits per heavy atom. The van der Waals surface area contributed by atoms with Gasteiger partial charge in [0, 0.05) is 42.2 Å². The van der Waals surface area contributed by atoms with Crippen molar-refractivity contribution in [2.45, 2.75) is 50.6 Å². The molecule has 0 bridgehead atoms. The van der Waals surface area contributed by atoms with E-state index in [4.69, 9.17) is 11.6 Å². The number of carbonyl (C=O) groups is 2. The molecule has 2 amide bonds. The Morgan fingerprint density at radius 2 is 1.77 bits per heavy atom. The number of amides is 2. The zero-order valence-electron chi connectivity index (χ0n) is 22.7. The molecule has 0 aliphatic carbocycles. The minimum absolute atomic E-state index is 0.0267. The van der Waals surface area contributed by atoms with E-state index < -0.39 is 0 Å². The molecule has 39 heavy (non-hydrogen) atoms. The molecule has 2 heterocycles. The number of piperidine rings is 1. The Bertz CT molecular complexity index is 1280. The summed E-state index contributed by atoms with van der Waals surface area (Å²) in [6.45, 7) is 5.97. The van der Waals surface area contributed by atoms with Crippen LogP contribution in [0.25, 0.3) is 10.8 Å². The van der Waals surface area contributed by atoms with Crippen LogP contribution in [0.3, 0.4) is 0 Å². The molecule has 0 saturated carbocycles. The molecular formula is C32H39ClN4O2. The number of nitrogens with zero attached hydrogens (tertiary/aromatic N) is 1. The van der Waals surface area contributed by atoms with Crippen LogP contribution < -0.4 is 16.0 Å². The second-order valence-corrected chi connectivity index (χ2v) is 11.4. The first-order chi connectivity index (χ1) is 19.0. The molecule has 0 radical (unpaired) electrons. The predicted octanol–water partition coefficient (Wildman–Crippen LogP) is 4.98. The average molecular weight is 547 g/mol. The summed E-state index contributed by atoms with van der Waals surface area (Å²) in [6, 6.07) is 21.7. The lowest BCUT2D eigenvalue weighted by molar-refractivity contribution is -0.134. The van der Waals surface area contributed by atoms with E-state index >= 15 is 0 Å². The second kappa shape index (κ2) is 12.9. The van der Waals surface area contributed by atoms with Crippen LogP contribution in [-0.4, -0.2) is 61.5 Å². The predicted molar refractivity (Wildman–Crippen MR) is 158 cm³/mol. The lowest BCUT2D eigenvalue weighted by Gasteiger charge is -2.34.